The van der Waals surface area contributed by atoms with E-state index in [1.165, 1.54) is 23.9 Å². The lowest BCUT2D eigenvalue weighted by molar-refractivity contribution is 0.311. The SMILES string of the molecule is CCOc1ccc(-c2nn(SCC3CCc4ccccc4C3)c3ncnc(N)c23)cc1OC. The molecule has 1 unspecified atom stereocenters. The van der Waals surface area contributed by atoms with Gasteiger partial charge in [-0.15, -0.1) is 0 Å². The van der Waals surface area contributed by atoms with Gasteiger partial charge < -0.3 is 15.2 Å². The van der Waals surface area contributed by atoms with E-state index >= 15 is 0 Å². The largest absolute Gasteiger partial charge is 0.493 e. The van der Waals surface area contributed by atoms with Gasteiger partial charge in [-0.3, -0.25) is 0 Å². The number of anilines is 1. The zero-order valence-electron chi connectivity index (χ0n) is 18.8. The van der Waals surface area contributed by atoms with Crippen LogP contribution in [0.25, 0.3) is 22.3 Å². The van der Waals surface area contributed by atoms with Crippen molar-refractivity contribution in [1.29, 1.82) is 0 Å². The van der Waals surface area contributed by atoms with Crippen molar-refractivity contribution in [2.45, 2.75) is 26.2 Å². The van der Waals surface area contributed by atoms with Crippen molar-refractivity contribution in [3.8, 4) is 22.8 Å². The monoisotopic (exact) mass is 461 g/mol. The Morgan fingerprint density at radius 2 is 1.97 bits per heavy atom. The molecule has 170 valence electrons. The third-order valence-corrected chi connectivity index (χ3v) is 7.20. The molecule has 0 saturated heterocycles. The van der Waals surface area contributed by atoms with Crippen molar-refractivity contribution in [2.24, 2.45) is 5.92 Å². The molecule has 0 amide bonds. The van der Waals surface area contributed by atoms with Gasteiger partial charge in [-0.2, -0.15) is 9.19 Å². The zero-order valence-corrected chi connectivity index (χ0v) is 19.6. The van der Waals surface area contributed by atoms with E-state index < -0.39 is 0 Å². The minimum Gasteiger partial charge on any atom is -0.493 e. The number of aromatic nitrogens is 4. The van der Waals surface area contributed by atoms with Crippen LogP contribution < -0.4 is 15.2 Å². The summed E-state index contributed by atoms with van der Waals surface area (Å²) in [4.78, 5) is 8.73. The van der Waals surface area contributed by atoms with Crippen molar-refractivity contribution >= 4 is 28.8 Å². The summed E-state index contributed by atoms with van der Waals surface area (Å²) in [5.41, 5.74) is 11.6. The second-order valence-electron chi connectivity index (χ2n) is 8.15. The molecular weight excluding hydrogens is 434 g/mol. The molecule has 2 aromatic heterocycles. The highest BCUT2D eigenvalue weighted by Gasteiger charge is 2.22. The number of fused-ring (bicyclic) bond motifs is 2. The Morgan fingerprint density at radius 3 is 2.79 bits per heavy atom. The van der Waals surface area contributed by atoms with E-state index in [1.807, 2.05) is 29.2 Å². The predicted molar refractivity (Wildman–Crippen MR) is 133 cm³/mol. The molecule has 0 fully saturated rings. The summed E-state index contributed by atoms with van der Waals surface area (Å²) < 4.78 is 13.1. The lowest BCUT2D eigenvalue weighted by Gasteiger charge is -2.24. The summed E-state index contributed by atoms with van der Waals surface area (Å²) in [6.07, 6.45) is 4.91. The number of rotatable bonds is 7. The third kappa shape index (κ3) is 4.23. The van der Waals surface area contributed by atoms with Gasteiger partial charge in [0, 0.05) is 11.3 Å². The second-order valence-corrected chi connectivity index (χ2v) is 9.09. The van der Waals surface area contributed by atoms with E-state index in [2.05, 4.69) is 34.2 Å². The molecule has 2 aromatic carbocycles. The molecule has 8 heteroatoms. The van der Waals surface area contributed by atoms with Crippen molar-refractivity contribution in [1.82, 2.24) is 19.2 Å². The van der Waals surface area contributed by atoms with Crippen LogP contribution in [-0.2, 0) is 12.8 Å². The Bertz CT molecular complexity index is 1290. The Balaban J connectivity index is 1.45. The molecule has 7 nitrogen and oxygen atoms in total. The fourth-order valence-electron chi connectivity index (χ4n) is 4.42. The minimum atomic E-state index is 0.418. The molecule has 2 heterocycles. The average Bonchev–Trinajstić information content (AvgIpc) is 3.23. The normalized spacial score (nSPS) is 15.4. The minimum absolute atomic E-state index is 0.418. The van der Waals surface area contributed by atoms with Gasteiger partial charge in [-0.25, -0.2) is 9.97 Å². The summed E-state index contributed by atoms with van der Waals surface area (Å²) in [5, 5.41) is 5.66. The Morgan fingerprint density at radius 1 is 1.12 bits per heavy atom. The molecule has 33 heavy (non-hydrogen) atoms. The molecule has 1 aliphatic rings. The maximum Gasteiger partial charge on any atom is 0.175 e. The number of benzene rings is 2. The summed E-state index contributed by atoms with van der Waals surface area (Å²) in [6.45, 7) is 2.51. The number of hydrogen-bond donors (Lipinski definition) is 1. The fraction of sp³-hybridized carbons (Fsp3) is 0.320. The standard InChI is InChI=1S/C25H27N5O2S/c1-3-32-20-11-10-19(13-21(20)31-2)23-22-24(26)27-15-28-25(22)30(29-23)33-14-16-8-9-17-6-4-5-7-18(17)12-16/h4-7,10-11,13,15-16H,3,8-9,12,14H2,1-2H3,(H2,26,27,28). The summed E-state index contributed by atoms with van der Waals surface area (Å²) >= 11 is 1.68. The molecule has 0 spiro atoms. The molecule has 1 atom stereocenters. The first-order chi connectivity index (χ1) is 16.2. The van der Waals surface area contributed by atoms with E-state index in [4.69, 9.17) is 20.3 Å². The maximum absolute atomic E-state index is 6.28. The number of hydrogen-bond acceptors (Lipinski definition) is 7. The Hall–Kier alpha value is -3.26. The first-order valence-electron chi connectivity index (χ1n) is 11.2. The van der Waals surface area contributed by atoms with Gasteiger partial charge in [0.05, 0.1) is 19.1 Å². The smallest absolute Gasteiger partial charge is 0.175 e. The van der Waals surface area contributed by atoms with Crippen molar-refractivity contribution in [3.63, 3.8) is 0 Å². The van der Waals surface area contributed by atoms with Crippen LogP contribution in [-0.4, -0.2) is 38.6 Å². The van der Waals surface area contributed by atoms with Gasteiger partial charge in [0.25, 0.3) is 0 Å². The van der Waals surface area contributed by atoms with E-state index in [9.17, 15) is 0 Å². The Kier molecular flexibility index (Phi) is 6.09. The van der Waals surface area contributed by atoms with Crippen LogP contribution in [0.1, 0.15) is 24.5 Å². The third-order valence-electron chi connectivity index (χ3n) is 6.08. The van der Waals surface area contributed by atoms with E-state index in [0.29, 0.717) is 29.8 Å². The molecule has 1 aliphatic carbocycles. The molecule has 0 radical (unpaired) electrons. The number of methoxy groups -OCH3 is 1. The van der Waals surface area contributed by atoms with E-state index in [-0.39, 0.29) is 0 Å². The molecular formula is C25H27N5O2S. The van der Waals surface area contributed by atoms with E-state index in [0.717, 1.165) is 40.9 Å². The maximum atomic E-state index is 6.28. The van der Waals surface area contributed by atoms with Crippen LogP contribution in [0, 0.1) is 5.92 Å². The van der Waals surface area contributed by atoms with Crippen LogP contribution in [0.2, 0.25) is 0 Å². The molecule has 0 aliphatic heterocycles. The highest BCUT2D eigenvalue weighted by molar-refractivity contribution is 7.97. The molecule has 5 rings (SSSR count). The lowest BCUT2D eigenvalue weighted by atomic mass is 9.85. The fourth-order valence-corrected chi connectivity index (χ4v) is 5.46. The van der Waals surface area contributed by atoms with Gasteiger partial charge in [0.2, 0.25) is 0 Å². The topological polar surface area (TPSA) is 88.1 Å². The van der Waals surface area contributed by atoms with Crippen molar-refractivity contribution in [2.75, 3.05) is 25.2 Å². The zero-order chi connectivity index (χ0) is 22.8. The van der Waals surface area contributed by atoms with Crippen LogP contribution >= 0.6 is 11.9 Å². The van der Waals surface area contributed by atoms with Crippen LogP contribution in [0.3, 0.4) is 0 Å². The summed E-state index contributed by atoms with van der Waals surface area (Å²) in [5.74, 6) is 3.32. The van der Waals surface area contributed by atoms with Crippen LogP contribution in [0.15, 0.2) is 48.8 Å². The van der Waals surface area contributed by atoms with Gasteiger partial charge in [0.15, 0.2) is 17.1 Å². The van der Waals surface area contributed by atoms with E-state index in [1.54, 1.807) is 19.1 Å². The van der Waals surface area contributed by atoms with Gasteiger partial charge in [0.1, 0.15) is 17.8 Å². The van der Waals surface area contributed by atoms with Gasteiger partial charge in [-0.1, -0.05) is 24.3 Å². The van der Waals surface area contributed by atoms with Gasteiger partial charge in [-0.05, 0) is 73.4 Å². The number of nitrogens with two attached hydrogens (primary N) is 1. The van der Waals surface area contributed by atoms with Crippen LogP contribution in [0.4, 0.5) is 5.82 Å². The second kappa shape index (κ2) is 9.31. The predicted octanol–water partition coefficient (Wildman–Crippen LogP) is 4.78. The molecule has 0 bridgehead atoms. The van der Waals surface area contributed by atoms with Crippen LogP contribution in [0.5, 0.6) is 11.5 Å². The number of aryl methyl sites for hydroxylation is 1. The van der Waals surface area contributed by atoms with Crippen molar-refractivity contribution < 1.29 is 9.47 Å². The molecule has 4 aromatic rings. The molecule has 2 N–H and O–H groups in total. The average molecular weight is 462 g/mol. The summed E-state index contributed by atoms with van der Waals surface area (Å²) in [6, 6.07) is 14.5. The first-order valence-corrected chi connectivity index (χ1v) is 12.1. The van der Waals surface area contributed by atoms with Crippen molar-refractivity contribution in [3.05, 3.63) is 59.9 Å². The number of ether oxygens (including phenoxy) is 2. The van der Waals surface area contributed by atoms with Gasteiger partial charge >= 0.3 is 0 Å². The first kappa shape index (κ1) is 21.6. The number of nitrogens with zero attached hydrogens (tertiary/aromatic N) is 4. The molecule has 0 saturated carbocycles. The highest BCUT2D eigenvalue weighted by Crippen LogP contribution is 2.37. The highest BCUT2D eigenvalue weighted by atomic mass is 32.2. The number of nitrogen functional groups attached to an aromatic ring is 1. The quantitative estimate of drug-likeness (QED) is 0.423. The lowest BCUT2D eigenvalue weighted by Crippen LogP contribution is -2.17. The Labute approximate surface area is 197 Å². The summed E-state index contributed by atoms with van der Waals surface area (Å²) in [7, 11) is 1.63.